The van der Waals surface area contributed by atoms with Crippen LogP contribution in [0.4, 0.5) is 0 Å². The Balaban J connectivity index is 1.75. The first-order chi connectivity index (χ1) is 8.24. The molecule has 1 aromatic rings. The van der Waals surface area contributed by atoms with Crippen molar-refractivity contribution in [3.05, 3.63) is 29.8 Å². The van der Waals surface area contributed by atoms with Gasteiger partial charge in [-0.3, -0.25) is 4.79 Å². The Bertz CT molecular complexity index is 435. The number of aromatic hydroxyl groups is 1. The summed E-state index contributed by atoms with van der Waals surface area (Å²) in [7, 11) is 0. The molecule has 2 aliphatic rings. The van der Waals surface area contributed by atoms with Gasteiger partial charge in [0.25, 0.3) is 5.91 Å². The lowest BCUT2D eigenvalue weighted by Gasteiger charge is -2.17. The highest BCUT2D eigenvalue weighted by molar-refractivity contribution is 5.94. The van der Waals surface area contributed by atoms with Gasteiger partial charge in [0.15, 0.2) is 0 Å². The number of likely N-dealkylation sites (tertiary alicyclic amines) is 1. The Morgan fingerprint density at radius 3 is 2.65 bits per heavy atom. The van der Waals surface area contributed by atoms with Gasteiger partial charge in [-0.15, -0.1) is 0 Å². The van der Waals surface area contributed by atoms with Gasteiger partial charge in [0.2, 0.25) is 0 Å². The van der Waals surface area contributed by atoms with Gasteiger partial charge in [-0.2, -0.15) is 0 Å². The lowest BCUT2D eigenvalue weighted by Crippen LogP contribution is -2.31. The Morgan fingerprint density at radius 1 is 1.29 bits per heavy atom. The van der Waals surface area contributed by atoms with Crippen molar-refractivity contribution in [3.63, 3.8) is 0 Å². The van der Waals surface area contributed by atoms with Crippen LogP contribution in [0.15, 0.2) is 24.3 Å². The Morgan fingerprint density at radius 2 is 2.00 bits per heavy atom. The first-order valence-electron chi connectivity index (χ1n) is 6.03. The van der Waals surface area contributed by atoms with E-state index in [1.54, 1.807) is 18.2 Å². The van der Waals surface area contributed by atoms with Gasteiger partial charge < -0.3 is 15.3 Å². The van der Waals surface area contributed by atoms with Gasteiger partial charge in [-0.1, -0.05) is 6.07 Å². The second-order valence-electron chi connectivity index (χ2n) is 4.94. The first kappa shape index (κ1) is 10.6. The average Bonchev–Trinajstić information content (AvgIpc) is 2.88. The van der Waals surface area contributed by atoms with Gasteiger partial charge in [-0.05, 0) is 30.0 Å². The van der Waals surface area contributed by atoms with Crippen molar-refractivity contribution >= 4 is 5.91 Å². The van der Waals surface area contributed by atoms with E-state index < -0.39 is 0 Å². The Labute approximate surface area is 100 Å². The monoisotopic (exact) mass is 232 g/mol. The van der Waals surface area contributed by atoms with Gasteiger partial charge in [0.05, 0.1) is 0 Å². The molecule has 0 saturated carbocycles. The van der Waals surface area contributed by atoms with E-state index in [1.807, 2.05) is 4.90 Å². The molecular weight excluding hydrogens is 216 g/mol. The molecule has 2 saturated heterocycles. The molecule has 2 heterocycles. The van der Waals surface area contributed by atoms with Crippen LogP contribution >= 0.6 is 0 Å². The summed E-state index contributed by atoms with van der Waals surface area (Å²) in [5, 5.41) is 12.7. The summed E-state index contributed by atoms with van der Waals surface area (Å²) >= 11 is 0. The van der Waals surface area contributed by atoms with Crippen LogP contribution in [0.1, 0.15) is 10.4 Å². The van der Waals surface area contributed by atoms with Crippen LogP contribution in [-0.2, 0) is 0 Å². The van der Waals surface area contributed by atoms with Crippen LogP contribution in [0.3, 0.4) is 0 Å². The quantitative estimate of drug-likeness (QED) is 0.749. The second-order valence-corrected chi connectivity index (χ2v) is 4.94. The van der Waals surface area contributed by atoms with E-state index in [1.165, 1.54) is 6.07 Å². The molecule has 1 aromatic carbocycles. The standard InChI is InChI=1S/C13H16N2O2/c16-12-3-1-2-9(4-12)13(17)15-7-10-5-14-6-11(10)8-15/h1-4,10-11,14,16H,5-8H2/t10-,11+. The third kappa shape index (κ3) is 1.89. The van der Waals surface area contributed by atoms with Gasteiger partial charge in [0, 0.05) is 31.7 Å². The maximum Gasteiger partial charge on any atom is 0.254 e. The van der Waals surface area contributed by atoms with E-state index in [0.29, 0.717) is 17.4 Å². The molecule has 17 heavy (non-hydrogen) atoms. The van der Waals surface area contributed by atoms with Crippen LogP contribution in [0.25, 0.3) is 0 Å². The fraction of sp³-hybridized carbons (Fsp3) is 0.462. The van der Waals surface area contributed by atoms with Gasteiger partial charge >= 0.3 is 0 Å². The number of fused-ring (bicyclic) bond motifs is 1. The van der Waals surface area contributed by atoms with E-state index >= 15 is 0 Å². The van der Waals surface area contributed by atoms with Crippen molar-refractivity contribution in [2.45, 2.75) is 0 Å². The second kappa shape index (κ2) is 4.04. The molecule has 2 atom stereocenters. The van der Waals surface area contributed by atoms with Crippen LogP contribution < -0.4 is 5.32 Å². The largest absolute Gasteiger partial charge is 0.508 e. The molecule has 0 unspecified atom stereocenters. The smallest absolute Gasteiger partial charge is 0.254 e. The number of hydrogen-bond acceptors (Lipinski definition) is 3. The van der Waals surface area contributed by atoms with Crippen LogP contribution in [0.5, 0.6) is 5.75 Å². The third-order valence-electron chi connectivity index (χ3n) is 3.77. The summed E-state index contributed by atoms with van der Waals surface area (Å²) in [6, 6.07) is 6.59. The summed E-state index contributed by atoms with van der Waals surface area (Å²) < 4.78 is 0. The Hall–Kier alpha value is -1.55. The molecule has 0 bridgehead atoms. The van der Waals surface area contributed by atoms with E-state index in [0.717, 1.165) is 26.2 Å². The molecular formula is C13H16N2O2. The number of phenols is 1. The molecule has 3 rings (SSSR count). The van der Waals surface area contributed by atoms with E-state index in [-0.39, 0.29) is 11.7 Å². The third-order valence-corrected chi connectivity index (χ3v) is 3.77. The molecule has 0 radical (unpaired) electrons. The van der Waals surface area contributed by atoms with Crippen LogP contribution in [0.2, 0.25) is 0 Å². The summed E-state index contributed by atoms with van der Waals surface area (Å²) in [6.07, 6.45) is 0. The lowest BCUT2D eigenvalue weighted by atomic mass is 10.0. The van der Waals surface area contributed by atoms with Crippen LogP contribution in [-0.4, -0.2) is 42.1 Å². The molecule has 1 amide bonds. The lowest BCUT2D eigenvalue weighted by molar-refractivity contribution is 0.0781. The summed E-state index contributed by atoms with van der Waals surface area (Å²) in [6.45, 7) is 3.72. The van der Waals surface area contributed by atoms with Crippen molar-refractivity contribution in [1.29, 1.82) is 0 Å². The van der Waals surface area contributed by atoms with Crippen molar-refractivity contribution in [2.24, 2.45) is 11.8 Å². The molecule has 0 aromatic heterocycles. The van der Waals surface area contributed by atoms with Crippen LogP contribution in [0, 0.1) is 11.8 Å². The maximum atomic E-state index is 12.2. The predicted octanol–water partition coefficient (Wildman–Crippen LogP) is 0.684. The highest BCUT2D eigenvalue weighted by Crippen LogP contribution is 2.27. The van der Waals surface area contributed by atoms with Gasteiger partial charge in [0.1, 0.15) is 5.75 Å². The minimum absolute atomic E-state index is 0.0373. The number of nitrogens with zero attached hydrogens (tertiary/aromatic N) is 1. The normalized spacial score (nSPS) is 27.2. The molecule has 0 aliphatic carbocycles. The van der Waals surface area contributed by atoms with E-state index in [9.17, 15) is 9.90 Å². The number of hydrogen-bond donors (Lipinski definition) is 2. The SMILES string of the molecule is O=C(c1cccc(O)c1)N1C[C@H]2CNC[C@H]2C1. The fourth-order valence-electron chi connectivity index (χ4n) is 2.84. The van der Waals surface area contributed by atoms with Crippen molar-refractivity contribution in [1.82, 2.24) is 10.2 Å². The number of rotatable bonds is 1. The van der Waals surface area contributed by atoms with Crippen molar-refractivity contribution < 1.29 is 9.90 Å². The number of nitrogens with one attached hydrogen (secondary N) is 1. The molecule has 90 valence electrons. The molecule has 2 fully saturated rings. The summed E-state index contributed by atoms with van der Waals surface area (Å²) in [5.74, 6) is 1.40. The zero-order chi connectivity index (χ0) is 11.8. The predicted molar refractivity (Wildman–Crippen MR) is 63.9 cm³/mol. The number of carbonyl (C=O) groups is 1. The average molecular weight is 232 g/mol. The van der Waals surface area contributed by atoms with Gasteiger partial charge in [-0.25, -0.2) is 0 Å². The first-order valence-corrected chi connectivity index (χ1v) is 6.03. The van der Waals surface area contributed by atoms with E-state index in [4.69, 9.17) is 0 Å². The fourth-order valence-corrected chi connectivity index (χ4v) is 2.84. The maximum absolute atomic E-state index is 12.2. The number of amides is 1. The van der Waals surface area contributed by atoms with Crippen molar-refractivity contribution in [2.75, 3.05) is 26.2 Å². The summed E-state index contributed by atoms with van der Waals surface area (Å²) in [4.78, 5) is 14.1. The van der Waals surface area contributed by atoms with E-state index in [2.05, 4.69) is 5.32 Å². The topological polar surface area (TPSA) is 52.6 Å². The number of benzene rings is 1. The molecule has 2 N–H and O–H groups in total. The zero-order valence-corrected chi connectivity index (χ0v) is 9.60. The minimum Gasteiger partial charge on any atom is -0.508 e. The highest BCUT2D eigenvalue weighted by atomic mass is 16.3. The Kier molecular flexibility index (Phi) is 2.52. The summed E-state index contributed by atoms with van der Waals surface area (Å²) in [5.41, 5.74) is 0.581. The molecule has 2 aliphatic heterocycles. The van der Waals surface area contributed by atoms with Crippen molar-refractivity contribution in [3.8, 4) is 5.75 Å². The molecule has 0 spiro atoms. The molecule has 4 nitrogen and oxygen atoms in total. The number of phenolic OH excluding ortho intramolecular Hbond substituents is 1. The molecule has 4 heteroatoms. The minimum atomic E-state index is 0.0373. The highest BCUT2D eigenvalue weighted by Gasteiger charge is 2.38. The number of carbonyl (C=O) groups excluding carboxylic acids is 1. The zero-order valence-electron chi connectivity index (χ0n) is 9.60.